The molecule has 0 saturated heterocycles. The maximum absolute atomic E-state index is 14.9. The van der Waals surface area contributed by atoms with Crippen molar-refractivity contribution < 1.29 is 8.78 Å². The highest BCUT2D eigenvalue weighted by Gasteiger charge is 2.19. The van der Waals surface area contributed by atoms with E-state index in [1.54, 1.807) is 18.3 Å². The van der Waals surface area contributed by atoms with Gasteiger partial charge in [-0.25, -0.2) is 18.7 Å². The molecule has 0 bridgehead atoms. The highest BCUT2D eigenvalue weighted by molar-refractivity contribution is 5.90. The summed E-state index contributed by atoms with van der Waals surface area (Å²) in [5.74, 6) is 0.686. The zero-order valence-corrected chi connectivity index (χ0v) is 12.9. The van der Waals surface area contributed by atoms with E-state index in [0.717, 1.165) is 5.39 Å². The molecule has 0 saturated carbocycles. The van der Waals surface area contributed by atoms with Gasteiger partial charge in [0.05, 0.1) is 11.7 Å². The van der Waals surface area contributed by atoms with Gasteiger partial charge in [0.15, 0.2) is 12.0 Å². The number of benzene rings is 2. The zero-order chi connectivity index (χ0) is 17.2. The van der Waals surface area contributed by atoms with Gasteiger partial charge in [0.25, 0.3) is 0 Å². The Balaban J connectivity index is 1.80. The Morgan fingerprint density at radius 3 is 2.52 bits per heavy atom. The van der Waals surface area contributed by atoms with Crippen molar-refractivity contribution in [2.75, 3.05) is 5.32 Å². The molecular formula is C18H13F2N5. The molecule has 2 N–H and O–H groups in total. The number of para-hydroxylation sites is 1. The highest BCUT2D eigenvalue weighted by Crippen LogP contribution is 2.29. The maximum Gasteiger partial charge on any atom is 0.185 e. The number of hydrogen-bond donors (Lipinski definition) is 2. The molecule has 2 aromatic carbocycles. The van der Waals surface area contributed by atoms with Gasteiger partial charge in [-0.15, -0.1) is 0 Å². The van der Waals surface area contributed by atoms with Gasteiger partial charge in [-0.2, -0.15) is 5.10 Å². The molecule has 0 aliphatic heterocycles. The predicted molar refractivity (Wildman–Crippen MR) is 90.8 cm³/mol. The van der Waals surface area contributed by atoms with E-state index in [1.165, 1.54) is 24.3 Å². The van der Waals surface area contributed by atoms with Crippen molar-refractivity contribution in [3.8, 4) is 0 Å². The van der Waals surface area contributed by atoms with Gasteiger partial charge in [0.2, 0.25) is 0 Å². The lowest BCUT2D eigenvalue weighted by molar-refractivity contribution is 0.384. The van der Waals surface area contributed by atoms with E-state index >= 15 is 0 Å². The molecule has 1 atom stereocenters. The number of aromatic nitrogens is 4. The molecule has 0 unspecified atom stereocenters. The number of rotatable bonds is 4. The number of hydrogen-bond acceptors (Lipinski definition) is 4. The quantitative estimate of drug-likeness (QED) is 0.583. The average molecular weight is 337 g/mol. The van der Waals surface area contributed by atoms with Crippen LogP contribution in [0.1, 0.15) is 17.6 Å². The van der Waals surface area contributed by atoms with Crippen molar-refractivity contribution in [2.24, 2.45) is 0 Å². The molecule has 124 valence electrons. The number of nitrogens with one attached hydrogen (secondary N) is 2. The van der Waals surface area contributed by atoms with Crippen molar-refractivity contribution in [2.45, 2.75) is 6.17 Å². The summed E-state index contributed by atoms with van der Waals surface area (Å²) in [4.78, 5) is 8.65. The Hall–Kier alpha value is -3.35. The first-order valence-electron chi connectivity index (χ1n) is 7.63. The van der Waals surface area contributed by atoms with Crippen LogP contribution in [-0.2, 0) is 0 Å². The molecule has 0 spiro atoms. The first-order chi connectivity index (χ1) is 12.2. The minimum atomic E-state index is -1.56. The summed E-state index contributed by atoms with van der Waals surface area (Å²) in [7, 11) is 0. The monoisotopic (exact) mass is 337 g/mol. The summed E-state index contributed by atoms with van der Waals surface area (Å²) in [5.41, 5.74) is 0.906. The van der Waals surface area contributed by atoms with Gasteiger partial charge in [0, 0.05) is 11.5 Å². The summed E-state index contributed by atoms with van der Waals surface area (Å²) in [5, 5.41) is 10.5. The molecule has 7 heteroatoms. The molecule has 5 nitrogen and oxygen atoms in total. The zero-order valence-electron chi connectivity index (χ0n) is 12.9. The molecule has 4 aromatic rings. The van der Waals surface area contributed by atoms with Gasteiger partial charge in [-0.05, 0) is 29.8 Å². The van der Waals surface area contributed by atoms with Crippen LogP contribution in [0.5, 0.6) is 0 Å². The molecule has 0 amide bonds. The second-order valence-electron chi connectivity index (χ2n) is 5.46. The molecular weight excluding hydrogens is 324 g/mol. The highest BCUT2D eigenvalue weighted by atomic mass is 19.1. The van der Waals surface area contributed by atoms with Crippen molar-refractivity contribution in [1.29, 1.82) is 0 Å². The van der Waals surface area contributed by atoms with E-state index in [9.17, 15) is 8.78 Å². The van der Waals surface area contributed by atoms with Crippen LogP contribution >= 0.6 is 0 Å². The third kappa shape index (κ3) is 3.03. The Bertz CT molecular complexity index is 1000. The van der Waals surface area contributed by atoms with Crippen LogP contribution in [0.25, 0.3) is 10.9 Å². The van der Waals surface area contributed by atoms with Gasteiger partial charge >= 0.3 is 0 Å². The fourth-order valence-electron chi connectivity index (χ4n) is 2.54. The second-order valence-corrected chi connectivity index (χ2v) is 5.46. The van der Waals surface area contributed by atoms with Gasteiger partial charge in [0.1, 0.15) is 17.5 Å². The topological polar surface area (TPSA) is 66.5 Å². The van der Waals surface area contributed by atoms with E-state index in [1.807, 2.05) is 18.2 Å². The molecule has 0 aliphatic carbocycles. The van der Waals surface area contributed by atoms with Crippen LogP contribution in [0.3, 0.4) is 0 Å². The number of alkyl halides is 1. The van der Waals surface area contributed by atoms with E-state index in [0.29, 0.717) is 22.7 Å². The number of aromatic amines is 1. The lowest BCUT2D eigenvalue weighted by atomic mass is 10.1. The summed E-state index contributed by atoms with van der Waals surface area (Å²) in [6, 6.07) is 14.3. The van der Waals surface area contributed by atoms with Crippen molar-refractivity contribution in [3.05, 3.63) is 78.0 Å². The van der Waals surface area contributed by atoms with Gasteiger partial charge in [-0.1, -0.05) is 24.3 Å². The fourth-order valence-corrected chi connectivity index (χ4v) is 2.54. The fraction of sp³-hybridized carbons (Fsp3) is 0.0556. The lowest BCUT2D eigenvalue weighted by Gasteiger charge is -2.12. The standard InChI is InChI=1S/C18H13F2N5/c19-12-7-5-11(6-8-12)16(20)18-22-14-4-2-1-3-13(14)17(24-18)23-15-9-10-21-25-15/h1-10,16H,(H2,21,22,23,24,25)/t16-/m1/s1. The maximum atomic E-state index is 14.9. The molecule has 25 heavy (non-hydrogen) atoms. The first-order valence-corrected chi connectivity index (χ1v) is 7.63. The Morgan fingerprint density at radius 2 is 1.76 bits per heavy atom. The summed E-state index contributed by atoms with van der Waals surface area (Å²) >= 11 is 0. The summed E-state index contributed by atoms with van der Waals surface area (Å²) < 4.78 is 28.0. The van der Waals surface area contributed by atoms with Crippen LogP contribution in [0, 0.1) is 5.82 Å². The van der Waals surface area contributed by atoms with Crippen LogP contribution in [0.4, 0.5) is 20.4 Å². The van der Waals surface area contributed by atoms with Crippen molar-refractivity contribution in [1.82, 2.24) is 20.2 Å². The SMILES string of the molecule is Fc1ccc([C@@H](F)c2nc(Nc3ccn[nH]3)c3ccccc3n2)cc1. The molecule has 2 heterocycles. The number of nitrogens with zero attached hydrogens (tertiary/aromatic N) is 3. The third-order valence-corrected chi connectivity index (χ3v) is 3.76. The number of halogens is 2. The van der Waals surface area contributed by atoms with Gasteiger partial charge in [-0.3, -0.25) is 5.10 Å². The minimum absolute atomic E-state index is 0.00678. The minimum Gasteiger partial charge on any atom is -0.325 e. The van der Waals surface area contributed by atoms with Crippen molar-refractivity contribution >= 4 is 22.5 Å². The van der Waals surface area contributed by atoms with Crippen LogP contribution < -0.4 is 5.32 Å². The Kier molecular flexibility index (Phi) is 3.81. The van der Waals surface area contributed by atoms with E-state index in [2.05, 4.69) is 25.5 Å². The normalized spacial score (nSPS) is 12.2. The van der Waals surface area contributed by atoms with Crippen LogP contribution in [-0.4, -0.2) is 20.2 Å². The van der Waals surface area contributed by atoms with Crippen LogP contribution in [0.2, 0.25) is 0 Å². The first kappa shape index (κ1) is 15.2. The summed E-state index contributed by atoms with van der Waals surface area (Å²) in [6.45, 7) is 0. The number of anilines is 2. The number of fused-ring (bicyclic) bond motifs is 1. The summed E-state index contributed by atoms with van der Waals surface area (Å²) in [6.07, 6.45) is 0.0378. The Labute approximate surface area is 141 Å². The van der Waals surface area contributed by atoms with E-state index < -0.39 is 12.0 Å². The predicted octanol–water partition coefficient (Wildman–Crippen LogP) is 4.29. The molecule has 2 aromatic heterocycles. The largest absolute Gasteiger partial charge is 0.325 e. The van der Waals surface area contributed by atoms with Crippen LogP contribution in [0.15, 0.2) is 60.8 Å². The average Bonchev–Trinajstić information content (AvgIpc) is 3.15. The number of H-pyrrole nitrogens is 1. The third-order valence-electron chi connectivity index (χ3n) is 3.76. The molecule has 0 aliphatic rings. The van der Waals surface area contributed by atoms with Gasteiger partial charge < -0.3 is 5.32 Å². The van der Waals surface area contributed by atoms with E-state index in [-0.39, 0.29) is 5.82 Å². The van der Waals surface area contributed by atoms with Crippen molar-refractivity contribution in [3.63, 3.8) is 0 Å². The smallest absolute Gasteiger partial charge is 0.185 e. The molecule has 0 fully saturated rings. The van der Waals surface area contributed by atoms with E-state index in [4.69, 9.17) is 0 Å². The molecule has 4 rings (SSSR count). The lowest BCUT2D eigenvalue weighted by Crippen LogP contribution is -2.05. The second kappa shape index (κ2) is 6.27. The molecule has 0 radical (unpaired) electrons. The Morgan fingerprint density at radius 1 is 0.960 bits per heavy atom.